The van der Waals surface area contributed by atoms with Crippen LogP contribution in [-0.4, -0.2) is 65.7 Å². The molecule has 242 valence electrons. The van der Waals surface area contributed by atoms with Gasteiger partial charge in [0.25, 0.3) is 10.0 Å². The maximum Gasteiger partial charge on any atom is 0.261 e. The number of benzene rings is 2. The molecule has 15 nitrogen and oxygen atoms in total. The van der Waals surface area contributed by atoms with Gasteiger partial charge in [0.05, 0.1) is 22.3 Å². The Kier molecular flexibility index (Phi) is 11.3. The predicted molar refractivity (Wildman–Crippen MR) is 178 cm³/mol. The summed E-state index contributed by atoms with van der Waals surface area (Å²) in [5, 5.41) is 10.9. The summed E-state index contributed by atoms with van der Waals surface area (Å²) in [4.78, 5) is 30.1. The van der Waals surface area contributed by atoms with Crippen LogP contribution in [0.5, 0.6) is 0 Å². The number of carbonyl (C=O) groups excluding carboxylic acids is 1. The number of amides is 1. The van der Waals surface area contributed by atoms with Gasteiger partial charge < -0.3 is 33.2 Å². The van der Waals surface area contributed by atoms with Crippen molar-refractivity contribution in [1.29, 1.82) is 0 Å². The van der Waals surface area contributed by atoms with Gasteiger partial charge in [-0.15, -0.1) is 12.4 Å². The van der Waals surface area contributed by atoms with Gasteiger partial charge in [0.2, 0.25) is 23.8 Å². The minimum absolute atomic E-state index is 0. The fraction of sp³-hybridized carbons (Fsp3) is 0.370. The van der Waals surface area contributed by atoms with Crippen molar-refractivity contribution in [2.75, 3.05) is 46.0 Å². The maximum atomic E-state index is 13.0. The highest BCUT2D eigenvalue weighted by atomic mass is 35.5. The van der Waals surface area contributed by atoms with Crippen molar-refractivity contribution in [1.82, 2.24) is 37.5 Å². The number of piperidine rings is 2. The van der Waals surface area contributed by atoms with E-state index in [1.165, 1.54) is 18.6 Å². The van der Waals surface area contributed by atoms with Crippen LogP contribution in [0, 0.1) is 5.92 Å². The topological polar surface area (TPSA) is 245 Å². The Bertz CT molecular complexity index is 1670. The van der Waals surface area contributed by atoms with Crippen LogP contribution in [0.3, 0.4) is 0 Å². The van der Waals surface area contributed by atoms with E-state index in [4.69, 9.17) is 15.7 Å². The largest absolute Gasteiger partial charge is 0.369 e. The summed E-state index contributed by atoms with van der Waals surface area (Å²) in [5.74, 6) is 1.12. The van der Waals surface area contributed by atoms with Crippen LogP contribution in [0.2, 0.25) is 0 Å². The standard InChI is InChI=1S/C27H32N10O3S.ClH.2H3N.2H2/c28-24(38)18-10-14-37(15-11-18)27-32-25(31-26(33-27)36-12-2-1-3-13-36)30-20-6-8-22(9-7-20)41(39,40)35-21-5-4-19-17-29-34-23(19)16-21;;;;;/h4-9,16-18,35H,1-3,10-15H2,(H2,28,38)(H,29,34)(H,30,31,32,33);1H;2*1H3;2*1H. The van der Waals surface area contributed by atoms with Crippen LogP contribution in [0.15, 0.2) is 53.6 Å². The predicted octanol–water partition coefficient (Wildman–Crippen LogP) is 4.22. The molecule has 0 bridgehead atoms. The SMILES string of the molecule is Cl.N.N.NC(=O)C1CCN(c2nc(Nc3ccc(S(=O)(=O)Nc4ccc5cn[nH]c5c4)cc3)nc(N3CCCCC3)n2)CC1.[HH].[HH]. The molecule has 2 aromatic carbocycles. The van der Waals surface area contributed by atoms with E-state index >= 15 is 0 Å². The second-order valence-electron chi connectivity index (χ2n) is 10.4. The molecule has 44 heavy (non-hydrogen) atoms. The molecule has 0 aliphatic carbocycles. The first-order valence-corrected chi connectivity index (χ1v) is 15.2. The molecule has 4 aromatic rings. The van der Waals surface area contributed by atoms with E-state index in [1.54, 1.807) is 36.5 Å². The van der Waals surface area contributed by atoms with Gasteiger partial charge in [-0.3, -0.25) is 14.6 Å². The number of anilines is 5. The van der Waals surface area contributed by atoms with E-state index in [2.05, 4.69) is 35.0 Å². The van der Waals surface area contributed by atoms with Crippen molar-refractivity contribution >= 4 is 68.5 Å². The molecular formula is C27H43ClN12O3S. The third kappa shape index (κ3) is 7.63. The number of H-pyrrole nitrogens is 1. The van der Waals surface area contributed by atoms with E-state index in [1.807, 2.05) is 0 Å². The summed E-state index contributed by atoms with van der Waals surface area (Å²) in [6.07, 6.45) is 6.32. The first kappa shape index (κ1) is 34.2. The lowest BCUT2D eigenvalue weighted by atomic mass is 9.96. The molecule has 17 heteroatoms. The minimum atomic E-state index is -3.81. The minimum Gasteiger partial charge on any atom is -0.369 e. The first-order chi connectivity index (χ1) is 19.8. The van der Waals surface area contributed by atoms with Crippen molar-refractivity contribution < 1.29 is 16.1 Å². The molecule has 11 N–H and O–H groups in total. The van der Waals surface area contributed by atoms with Crippen molar-refractivity contribution in [2.45, 2.75) is 37.0 Å². The van der Waals surface area contributed by atoms with Gasteiger partial charge in [-0.05, 0) is 74.6 Å². The first-order valence-electron chi connectivity index (χ1n) is 13.7. The van der Waals surface area contributed by atoms with Crippen LogP contribution < -0.4 is 37.9 Å². The summed E-state index contributed by atoms with van der Waals surface area (Å²) in [5.41, 5.74) is 7.33. The molecule has 0 saturated carbocycles. The number of halogens is 1. The highest BCUT2D eigenvalue weighted by Gasteiger charge is 2.26. The summed E-state index contributed by atoms with van der Waals surface area (Å²) in [6, 6.07) is 11.6. The molecule has 2 fully saturated rings. The number of rotatable bonds is 8. The highest BCUT2D eigenvalue weighted by Crippen LogP contribution is 2.27. The Morgan fingerprint density at radius 1 is 0.886 bits per heavy atom. The lowest BCUT2D eigenvalue weighted by Gasteiger charge is -2.32. The summed E-state index contributed by atoms with van der Waals surface area (Å²) in [6.45, 7) is 3.01. The molecule has 0 unspecified atom stereocenters. The molecule has 0 spiro atoms. The van der Waals surface area contributed by atoms with E-state index in [9.17, 15) is 13.2 Å². The number of nitrogens with one attached hydrogen (secondary N) is 3. The van der Waals surface area contributed by atoms with Gasteiger partial charge in [0.1, 0.15) is 0 Å². The van der Waals surface area contributed by atoms with Crippen molar-refractivity contribution in [3.63, 3.8) is 0 Å². The van der Waals surface area contributed by atoms with Crippen LogP contribution in [0.1, 0.15) is 35.0 Å². The van der Waals surface area contributed by atoms with Gasteiger partial charge in [0.15, 0.2) is 0 Å². The van der Waals surface area contributed by atoms with E-state index < -0.39 is 10.0 Å². The number of aromatic amines is 1. The smallest absolute Gasteiger partial charge is 0.261 e. The fourth-order valence-corrected chi connectivity index (χ4v) is 6.26. The van der Waals surface area contributed by atoms with E-state index in [0.29, 0.717) is 55.2 Å². The third-order valence-electron chi connectivity index (χ3n) is 7.55. The monoisotopic (exact) mass is 650 g/mol. The van der Waals surface area contributed by atoms with E-state index in [0.717, 1.165) is 36.8 Å². The van der Waals surface area contributed by atoms with Crippen LogP contribution >= 0.6 is 12.4 Å². The summed E-state index contributed by atoms with van der Waals surface area (Å²) >= 11 is 0. The van der Waals surface area contributed by atoms with Crippen molar-refractivity contribution in [3.8, 4) is 0 Å². The number of carbonyl (C=O) groups is 1. The molecule has 2 aromatic heterocycles. The van der Waals surface area contributed by atoms with Crippen LogP contribution in [0.4, 0.5) is 29.2 Å². The molecule has 2 aliphatic rings. The lowest BCUT2D eigenvalue weighted by molar-refractivity contribution is -0.122. The number of fused-ring (bicyclic) bond motifs is 1. The van der Waals surface area contributed by atoms with Crippen molar-refractivity contribution in [3.05, 3.63) is 48.7 Å². The fourth-order valence-electron chi connectivity index (χ4n) is 5.21. The molecular weight excluding hydrogens is 608 g/mol. The maximum absolute atomic E-state index is 13.0. The Morgan fingerprint density at radius 2 is 1.50 bits per heavy atom. The summed E-state index contributed by atoms with van der Waals surface area (Å²) < 4.78 is 28.7. The number of aromatic nitrogens is 5. The molecule has 0 atom stereocenters. The quantitative estimate of drug-likeness (QED) is 0.157. The lowest BCUT2D eigenvalue weighted by Crippen LogP contribution is -2.40. The van der Waals surface area contributed by atoms with Crippen LogP contribution in [0.25, 0.3) is 10.9 Å². The second kappa shape index (κ2) is 14.5. The number of nitrogens with two attached hydrogens (primary N) is 1. The van der Waals surface area contributed by atoms with Crippen LogP contribution in [-0.2, 0) is 14.8 Å². The van der Waals surface area contributed by atoms with Gasteiger partial charge in [-0.25, -0.2) is 8.42 Å². The highest BCUT2D eigenvalue weighted by molar-refractivity contribution is 7.92. The van der Waals surface area contributed by atoms with Gasteiger partial charge in [-0.1, -0.05) is 0 Å². The zero-order valence-corrected chi connectivity index (χ0v) is 25.9. The number of sulfonamides is 1. The molecule has 6 rings (SSSR count). The molecule has 0 radical (unpaired) electrons. The number of hydrogen-bond acceptors (Lipinski definition) is 12. The van der Waals surface area contributed by atoms with Gasteiger partial charge in [-0.2, -0.15) is 20.1 Å². The van der Waals surface area contributed by atoms with E-state index in [-0.39, 0.29) is 44.3 Å². The Morgan fingerprint density at radius 3 is 2.14 bits per heavy atom. The number of primary amides is 1. The van der Waals surface area contributed by atoms with Gasteiger partial charge >= 0.3 is 0 Å². The number of nitrogens with zero attached hydrogens (tertiary/aromatic N) is 6. The summed E-state index contributed by atoms with van der Waals surface area (Å²) in [7, 11) is -3.81. The average molecular weight is 651 g/mol. The number of hydrogen-bond donors (Lipinski definition) is 6. The normalized spacial score (nSPS) is 15.5. The molecule has 2 aliphatic heterocycles. The van der Waals surface area contributed by atoms with Crippen molar-refractivity contribution in [2.24, 2.45) is 11.7 Å². The Balaban J connectivity index is 0.00000212. The third-order valence-corrected chi connectivity index (χ3v) is 8.94. The molecule has 2 saturated heterocycles. The Hall–Kier alpha value is -4.25. The van der Waals surface area contributed by atoms with Gasteiger partial charge in [0, 0.05) is 46.0 Å². The zero-order valence-electron chi connectivity index (χ0n) is 24.3. The average Bonchev–Trinajstić information content (AvgIpc) is 3.46. The second-order valence-corrected chi connectivity index (χ2v) is 12.1. The Labute approximate surface area is 265 Å². The molecule has 1 amide bonds. The molecule has 4 heterocycles. The zero-order chi connectivity index (χ0) is 28.4.